The molecule has 0 amide bonds. The third kappa shape index (κ3) is 3.47. The molecule has 1 fully saturated rings. The number of ether oxygens (including phenoxy) is 1. The summed E-state index contributed by atoms with van der Waals surface area (Å²) in [5.74, 6) is 0.558. The van der Waals surface area contributed by atoms with Gasteiger partial charge in [-0.15, -0.1) is 5.10 Å². The van der Waals surface area contributed by atoms with Crippen molar-refractivity contribution in [2.45, 2.75) is 25.8 Å². The van der Waals surface area contributed by atoms with E-state index in [0.717, 1.165) is 36.4 Å². The second-order valence-corrected chi connectivity index (χ2v) is 8.53. The number of hydrogen-bond donors (Lipinski definition) is 2. The lowest BCUT2D eigenvalue weighted by Gasteiger charge is -2.33. The van der Waals surface area contributed by atoms with Crippen LogP contribution in [0.3, 0.4) is 0 Å². The van der Waals surface area contributed by atoms with Crippen LogP contribution in [0.15, 0.2) is 24.3 Å². The minimum Gasteiger partial charge on any atom is -0.492 e. The van der Waals surface area contributed by atoms with Gasteiger partial charge in [-0.2, -0.15) is 4.52 Å². The van der Waals surface area contributed by atoms with Crippen molar-refractivity contribution < 1.29 is 19.5 Å². The number of esters is 1. The fraction of sp³-hybridized carbons (Fsp3) is 0.421. The van der Waals surface area contributed by atoms with E-state index in [1.165, 1.54) is 27.9 Å². The summed E-state index contributed by atoms with van der Waals surface area (Å²) >= 11 is 7.54. The highest BCUT2D eigenvalue weighted by Gasteiger charge is 2.37. The van der Waals surface area contributed by atoms with Crippen LogP contribution in [0.1, 0.15) is 35.1 Å². The normalized spacial score (nSPS) is 21.0. The lowest BCUT2D eigenvalue weighted by atomic mass is 9.94. The number of benzene rings is 1. The molecule has 0 unspecified atom stereocenters. The van der Waals surface area contributed by atoms with Crippen molar-refractivity contribution in [2.24, 2.45) is 5.92 Å². The second kappa shape index (κ2) is 7.69. The van der Waals surface area contributed by atoms with Crippen LogP contribution in [0, 0.1) is 12.8 Å². The zero-order chi connectivity index (χ0) is 19.8. The number of rotatable bonds is 4. The van der Waals surface area contributed by atoms with Crippen LogP contribution in [0.25, 0.3) is 4.96 Å². The first kappa shape index (κ1) is 19.2. The summed E-state index contributed by atoms with van der Waals surface area (Å²) in [6.45, 7) is 3.41. The molecule has 0 aliphatic carbocycles. The maximum Gasteiger partial charge on any atom is 0.309 e. The van der Waals surface area contributed by atoms with Crippen molar-refractivity contribution in [1.29, 1.82) is 0 Å². The van der Waals surface area contributed by atoms with Crippen molar-refractivity contribution in [3.63, 3.8) is 0 Å². The number of fused-ring (bicyclic) bond motifs is 1. The van der Waals surface area contributed by atoms with Gasteiger partial charge >= 0.3 is 5.97 Å². The van der Waals surface area contributed by atoms with Crippen LogP contribution in [0.4, 0.5) is 0 Å². The first-order valence-electron chi connectivity index (χ1n) is 9.21. The molecule has 4 rings (SSSR count). The lowest BCUT2D eigenvalue weighted by molar-refractivity contribution is -0.930. The molecule has 3 heterocycles. The third-order valence-corrected chi connectivity index (χ3v) is 6.68. The van der Waals surface area contributed by atoms with Crippen molar-refractivity contribution in [3.8, 4) is 5.88 Å². The average molecular weight is 422 g/mol. The van der Waals surface area contributed by atoms with E-state index in [-0.39, 0.29) is 23.8 Å². The van der Waals surface area contributed by atoms with Gasteiger partial charge in [-0.25, -0.2) is 4.98 Å². The highest BCUT2D eigenvalue weighted by molar-refractivity contribution is 7.17. The summed E-state index contributed by atoms with van der Waals surface area (Å²) in [6.07, 6.45) is 1.51. The Morgan fingerprint density at radius 1 is 1.36 bits per heavy atom. The number of nitrogens with zero attached hydrogens (tertiary/aromatic N) is 3. The topological polar surface area (TPSA) is 81.2 Å². The van der Waals surface area contributed by atoms with Gasteiger partial charge in [0.15, 0.2) is 6.04 Å². The van der Waals surface area contributed by atoms with E-state index in [9.17, 15) is 9.90 Å². The number of halogens is 1. The van der Waals surface area contributed by atoms with E-state index >= 15 is 0 Å². The third-order valence-electron chi connectivity index (χ3n) is 5.34. The lowest BCUT2D eigenvalue weighted by Crippen LogP contribution is -3.13. The quantitative estimate of drug-likeness (QED) is 0.630. The van der Waals surface area contributed by atoms with Crippen LogP contribution in [-0.4, -0.2) is 45.9 Å². The number of aryl methyl sites for hydroxylation is 1. The zero-order valence-corrected chi connectivity index (χ0v) is 17.3. The van der Waals surface area contributed by atoms with E-state index in [4.69, 9.17) is 16.3 Å². The van der Waals surface area contributed by atoms with Gasteiger partial charge in [0.2, 0.25) is 10.8 Å². The Morgan fingerprint density at radius 3 is 2.64 bits per heavy atom. The number of likely N-dealkylation sites (tertiary alicyclic amines) is 1. The molecule has 1 aliphatic heterocycles. The van der Waals surface area contributed by atoms with Crippen molar-refractivity contribution in [3.05, 3.63) is 45.6 Å². The molecule has 0 radical (unpaired) electrons. The number of nitrogens with one attached hydrogen (secondary N) is 1. The van der Waals surface area contributed by atoms with Crippen LogP contribution in [0.5, 0.6) is 5.88 Å². The van der Waals surface area contributed by atoms with Gasteiger partial charge < -0.3 is 14.7 Å². The van der Waals surface area contributed by atoms with E-state index in [1.807, 2.05) is 24.3 Å². The number of aromatic nitrogens is 3. The monoisotopic (exact) mass is 421 g/mol. The number of methoxy groups -OCH3 is 1. The molecular formula is C19H22ClN4O3S+. The minimum atomic E-state index is -0.140. The molecule has 3 aromatic rings. The van der Waals surface area contributed by atoms with Crippen LogP contribution in [0.2, 0.25) is 5.02 Å². The summed E-state index contributed by atoms with van der Waals surface area (Å²) in [6, 6.07) is 7.63. The molecule has 0 spiro atoms. The SMILES string of the molecule is COC(=O)C1CC[NH+]([C@@H](c2ccc(Cl)cc2)c2sc3nc(C)nn3c2O)CC1. The largest absolute Gasteiger partial charge is 0.492 e. The first-order chi connectivity index (χ1) is 13.5. The summed E-state index contributed by atoms with van der Waals surface area (Å²) in [7, 11) is 1.44. The Bertz CT molecular complexity index is 993. The van der Waals surface area contributed by atoms with Crippen molar-refractivity contribution in [2.75, 3.05) is 20.2 Å². The molecule has 1 aromatic carbocycles. The number of piperidine rings is 1. The molecule has 2 aromatic heterocycles. The van der Waals surface area contributed by atoms with Gasteiger partial charge in [-0.05, 0) is 19.1 Å². The number of quaternary nitrogens is 1. The Labute approximate surface area is 171 Å². The maximum absolute atomic E-state index is 11.9. The second-order valence-electron chi connectivity index (χ2n) is 7.08. The molecule has 0 bridgehead atoms. The molecule has 1 aliphatic rings. The van der Waals surface area contributed by atoms with E-state index in [0.29, 0.717) is 15.8 Å². The average Bonchev–Trinajstić information content (AvgIpc) is 3.21. The van der Waals surface area contributed by atoms with E-state index in [1.54, 1.807) is 6.92 Å². The molecule has 7 nitrogen and oxygen atoms in total. The Hall–Kier alpha value is -2.16. The Balaban J connectivity index is 1.70. The molecule has 0 saturated carbocycles. The highest BCUT2D eigenvalue weighted by Crippen LogP contribution is 2.35. The van der Waals surface area contributed by atoms with Gasteiger partial charge in [0.05, 0.1) is 26.1 Å². The Kier molecular flexibility index (Phi) is 5.27. The molecule has 9 heteroatoms. The molecular weight excluding hydrogens is 400 g/mol. The molecule has 1 saturated heterocycles. The number of thiazole rings is 1. The predicted octanol–water partition coefficient (Wildman–Crippen LogP) is 2.02. The fourth-order valence-electron chi connectivity index (χ4n) is 3.94. The number of aromatic hydroxyl groups is 1. The molecule has 28 heavy (non-hydrogen) atoms. The van der Waals surface area contributed by atoms with E-state index in [2.05, 4.69) is 10.1 Å². The van der Waals surface area contributed by atoms with E-state index < -0.39 is 0 Å². The van der Waals surface area contributed by atoms with Gasteiger partial charge in [-0.1, -0.05) is 35.1 Å². The predicted molar refractivity (Wildman–Crippen MR) is 106 cm³/mol. The first-order valence-corrected chi connectivity index (χ1v) is 10.4. The fourth-order valence-corrected chi connectivity index (χ4v) is 5.26. The molecule has 2 N–H and O–H groups in total. The summed E-state index contributed by atoms with van der Waals surface area (Å²) in [5, 5.41) is 15.8. The maximum atomic E-state index is 11.9. The number of hydrogen-bond acceptors (Lipinski definition) is 6. The van der Waals surface area contributed by atoms with Crippen LogP contribution >= 0.6 is 22.9 Å². The smallest absolute Gasteiger partial charge is 0.309 e. The molecule has 1 atom stereocenters. The number of carbonyl (C=O) groups excluding carboxylic acids is 1. The summed E-state index contributed by atoms with van der Waals surface area (Å²) in [4.78, 5) is 19.1. The summed E-state index contributed by atoms with van der Waals surface area (Å²) in [5.41, 5.74) is 1.06. The van der Waals surface area contributed by atoms with Gasteiger partial charge in [0.25, 0.3) is 0 Å². The van der Waals surface area contributed by atoms with Gasteiger partial charge in [0, 0.05) is 23.4 Å². The standard InChI is InChI=1S/C19H21ClN4O3S/c1-11-21-19-24(22-11)17(25)16(28-19)15(12-3-5-14(20)6-4-12)23-9-7-13(8-10-23)18(26)27-2/h3-6,13,15,25H,7-10H2,1-2H3/p+1/t15-/m0/s1. The zero-order valence-electron chi connectivity index (χ0n) is 15.7. The van der Waals surface area contributed by atoms with Crippen molar-refractivity contribution in [1.82, 2.24) is 14.6 Å². The minimum absolute atomic E-state index is 0.0572. The van der Waals surface area contributed by atoms with Gasteiger partial charge in [-0.3, -0.25) is 4.79 Å². The number of carbonyl (C=O) groups is 1. The highest BCUT2D eigenvalue weighted by atomic mass is 35.5. The van der Waals surface area contributed by atoms with Gasteiger partial charge in [0.1, 0.15) is 10.7 Å². The van der Waals surface area contributed by atoms with Crippen LogP contribution < -0.4 is 4.90 Å². The summed E-state index contributed by atoms with van der Waals surface area (Å²) < 4.78 is 6.41. The molecule has 148 valence electrons. The van der Waals surface area contributed by atoms with Crippen molar-refractivity contribution >= 4 is 33.9 Å². The Morgan fingerprint density at radius 2 is 2.04 bits per heavy atom. The van der Waals surface area contributed by atoms with Crippen LogP contribution in [-0.2, 0) is 9.53 Å².